The number of anilines is 1. The van der Waals surface area contributed by atoms with Gasteiger partial charge < -0.3 is 4.90 Å². The molecule has 0 fully saturated rings. The first kappa shape index (κ1) is 13.5. The molecule has 1 amide bonds. The molecule has 0 heterocycles. The SMILES string of the molecule is CC(Br)C(=O)N(c1ccc(Cl)cc1)C(C)C. The van der Waals surface area contributed by atoms with Crippen LogP contribution in [0.25, 0.3) is 0 Å². The normalized spacial score (nSPS) is 12.6. The quantitative estimate of drug-likeness (QED) is 0.776. The van der Waals surface area contributed by atoms with Gasteiger partial charge >= 0.3 is 0 Å². The summed E-state index contributed by atoms with van der Waals surface area (Å²) in [5.74, 6) is 0.0531. The predicted octanol–water partition coefficient (Wildman–Crippen LogP) is 3.86. The number of amides is 1. The Labute approximate surface area is 110 Å². The van der Waals surface area contributed by atoms with E-state index in [-0.39, 0.29) is 16.8 Å². The van der Waals surface area contributed by atoms with Gasteiger partial charge in [0.15, 0.2) is 0 Å². The maximum Gasteiger partial charge on any atom is 0.240 e. The molecule has 0 aliphatic rings. The summed E-state index contributed by atoms with van der Waals surface area (Å²) < 4.78 is 0. The molecule has 0 aromatic heterocycles. The summed E-state index contributed by atoms with van der Waals surface area (Å²) in [6.07, 6.45) is 0. The summed E-state index contributed by atoms with van der Waals surface area (Å²) in [5.41, 5.74) is 0.871. The highest BCUT2D eigenvalue weighted by Gasteiger charge is 2.22. The van der Waals surface area contributed by atoms with Gasteiger partial charge in [0.2, 0.25) is 5.91 Å². The van der Waals surface area contributed by atoms with E-state index in [1.165, 1.54) is 0 Å². The van der Waals surface area contributed by atoms with Gasteiger partial charge in [-0.15, -0.1) is 0 Å². The van der Waals surface area contributed by atoms with Crippen LogP contribution in [0.5, 0.6) is 0 Å². The fourth-order valence-electron chi connectivity index (χ4n) is 1.47. The van der Waals surface area contributed by atoms with Crippen molar-refractivity contribution >= 4 is 39.1 Å². The molecule has 16 heavy (non-hydrogen) atoms. The van der Waals surface area contributed by atoms with Gasteiger partial charge in [0.05, 0.1) is 4.83 Å². The van der Waals surface area contributed by atoms with E-state index in [1.807, 2.05) is 32.9 Å². The summed E-state index contributed by atoms with van der Waals surface area (Å²) >= 11 is 9.13. The Kier molecular flexibility index (Phi) is 4.81. The van der Waals surface area contributed by atoms with E-state index in [2.05, 4.69) is 15.9 Å². The summed E-state index contributed by atoms with van der Waals surface area (Å²) in [7, 11) is 0. The molecule has 0 spiro atoms. The monoisotopic (exact) mass is 303 g/mol. The number of alkyl halides is 1. The van der Waals surface area contributed by atoms with Crippen molar-refractivity contribution in [1.29, 1.82) is 0 Å². The van der Waals surface area contributed by atoms with E-state index < -0.39 is 0 Å². The van der Waals surface area contributed by atoms with Gasteiger partial charge in [-0.2, -0.15) is 0 Å². The van der Waals surface area contributed by atoms with Crippen LogP contribution in [0.4, 0.5) is 5.69 Å². The molecule has 1 aromatic rings. The van der Waals surface area contributed by atoms with Crippen LogP contribution < -0.4 is 4.90 Å². The summed E-state index contributed by atoms with van der Waals surface area (Å²) in [6, 6.07) is 7.41. The van der Waals surface area contributed by atoms with Crippen molar-refractivity contribution in [2.24, 2.45) is 0 Å². The van der Waals surface area contributed by atoms with Crippen LogP contribution in [0.15, 0.2) is 24.3 Å². The molecule has 0 radical (unpaired) electrons. The molecule has 4 heteroatoms. The van der Waals surface area contributed by atoms with E-state index in [4.69, 9.17) is 11.6 Å². The van der Waals surface area contributed by atoms with E-state index in [9.17, 15) is 4.79 Å². The van der Waals surface area contributed by atoms with Gasteiger partial charge in [-0.25, -0.2) is 0 Å². The van der Waals surface area contributed by atoms with Gasteiger partial charge in [-0.1, -0.05) is 27.5 Å². The topological polar surface area (TPSA) is 20.3 Å². The molecule has 0 bridgehead atoms. The smallest absolute Gasteiger partial charge is 0.240 e. The third-order valence-corrected chi connectivity index (χ3v) is 2.84. The lowest BCUT2D eigenvalue weighted by Crippen LogP contribution is -2.40. The minimum Gasteiger partial charge on any atom is -0.309 e. The molecule has 0 aliphatic heterocycles. The average molecular weight is 305 g/mol. The molecule has 0 saturated carbocycles. The van der Waals surface area contributed by atoms with Crippen molar-refractivity contribution < 1.29 is 4.79 Å². The van der Waals surface area contributed by atoms with E-state index >= 15 is 0 Å². The highest BCUT2D eigenvalue weighted by molar-refractivity contribution is 9.10. The van der Waals surface area contributed by atoms with Crippen LogP contribution in [0.1, 0.15) is 20.8 Å². The van der Waals surface area contributed by atoms with Crippen LogP contribution in [0.2, 0.25) is 5.02 Å². The molecule has 1 rings (SSSR count). The summed E-state index contributed by atoms with van der Waals surface area (Å²) in [4.78, 5) is 13.6. The van der Waals surface area contributed by atoms with Gasteiger partial charge in [0.25, 0.3) is 0 Å². The highest BCUT2D eigenvalue weighted by Crippen LogP contribution is 2.22. The van der Waals surface area contributed by atoms with Crippen molar-refractivity contribution in [1.82, 2.24) is 0 Å². The molecule has 0 aliphatic carbocycles. The Bertz CT molecular complexity index is 362. The zero-order chi connectivity index (χ0) is 12.3. The molecular weight excluding hydrogens is 289 g/mol. The molecular formula is C12H15BrClNO. The molecule has 1 unspecified atom stereocenters. The first-order valence-electron chi connectivity index (χ1n) is 5.16. The number of rotatable bonds is 3. The Morgan fingerprint density at radius 1 is 1.25 bits per heavy atom. The fraction of sp³-hybridized carbons (Fsp3) is 0.417. The lowest BCUT2D eigenvalue weighted by Gasteiger charge is -2.28. The van der Waals surface area contributed by atoms with Crippen LogP contribution in [-0.4, -0.2) is 16.8 Å². The molecule has 1 aromatic carbocycles. The fourth-order valence-corrected chi connectivity index (χ4v) is 1.82. The lowest BCUT2D eigenvalue weighted by molar-refractivity contribution is -0.118. The largest absolute Gasteiger partial charge is 0.309 e. The number of halogens is 2. The van der Waals surface area contributed by atoms with Crippen LogP contribution in [-0.2, 0) is 4.79 Å². The van der Waals surface area contributed by atoms with Crippen molar-refractivity contribution in [2.75, 3.05) is 4.90 Å². The van der Waals surface area contributed by atoms with Crippen molar-refractivity contribution in [3.05, 3.63) is 29.3 Å². The second-order valence-electron chi connectivity index (χ2n) is 3.89. The molecule has 1 atom stereocenters. The second kappa shape index (κ2) is 5.69. The maximum absolute atomic E-state index is 12.0. The highest BCUT2D eigenvalue weighted by atomic mass is 79.9. The Hall–Kier alpha value is -0.540. The van der Waals surface area contributed by atoms with Gasteiger partial charge in [0.1, 0.15) is 0 Å². The van der Waals surface area contributed by atoms with Gasteiger partial charge in [-0.3, -0.25) is 4.79 Å². The van der Waals surface area contributed by atoms with E-state index in [0.29, 0.717) is 5.02 Å². The number of carbonyl (C=O) groups is 1. The van der Waals surface area contributed by atoms with E-state index in [0.717, 1.165) is 5.69 Å². The van der Waals surface area contributed by atoms with Gasteiger partial charge in [0, 0.05) is 16.8 Å². The number of benzene rings is 1. The minimum atomic E-state index is -0.189. The van der Waals surface area contributed by atoms with E-state index in [1.54, 1.807) is 17.0 Å². The number of hydrogen-bond acceptors (Lipinski definition) is 1. The summed E-state index contributed by atoms with van der Waals surface area (Å²) in [5, 5.41) is 0.673. The second-order valence-corrected chi connectivity index (χ2v) is 5.70. The standard InChI is InChI=1S/C12H15BrClNO/c1-8(2)15(12(16)9(3)13)11-6-4-10(14)5-7-11/h4-9H,1-3H3. The Morgan fingerprint density at radius 2 is 1.75 bits per heavy atom. The van der Waals surface area contributed by atoms with Crippen LogP contribution >= 0.6 is 27.5 Å². The van der Waals surface area contributed by atoms with Crippen LogP contribution in [0, 0.1) is 0 Å². The number of hydrogen-bond donors (Lipinski definition) is 0. The predicted molar refractivity (Wildman–Crippen MR) is 72.5 cm³/mol. The summed E-state index contributed by atoms with van der Waals surface area (Å²) in [6.45, 7) is 5.80. The average Bonchev–Trinajstić information content (AvgIpc) is 2.20. The van der Waals surface area contributed by atoms with Crippen molar-refractivity contribution in [2.45, 2.75) is 31.6 Å². The Morgan fingerprint density at radius 3 is 2.12 bits per heavy atom. The Balaban J connectivity index is 3.03. The third-order valence-electron chi connectivity index (χ3n) is 2.20. The zero-order valence-corrected chi connectivity index (χ0v) is 11.9. The van der Waals surface area contributed by atoms with Crippen molar-refractivity contribution in [3.63, 3.8) is 0 Å². The van der Waals surface area contributed by atoms with Crippen molar-refractivity contribution in [3.8, 4) is 0 Å². The first-order chi connectivity index (χ1) is 7.43. The first-order valence-corrected chi connectivity index (χ1v) is 6.45. The van der Waals surface area contributed by atoms with Crippen LogP contribution in [0.3, 0.4) is 0 Å². The molecule has 88 valence electrons. The third kappa shape index (κ3) is 3.22. The maximum atomic E-state index is 12.0. The minimum absolute atomic E-state index is 0.0531. The lowest BCUT2D eigenvalue weighted by atomic mass is 10.2. The van der Waals surface area contributed by atoms with Gasteiger partial charge in [-0.05, 0) is 45.0 Å². The molecule has 2 nitrogen and oxygen atoms in total. The number of carbonyl (C=O) groups excluding carboxylic acids is 1. The number of nitrogens with zero attached hydrogens (tertiary/aromatic N) is 1. The molecule has 0 N–H and O–H groups in total. The molecule has 0 saturated heterocycles. The zero-order valence-electron chi connectivity index (χ0n) is 9.58.